The molecular weight excluding hydrogens is 267 g/mol. The average Bonchev–Trinajstić information content (AvgIpc) is 2.38. The predicted octanol–water partition coefficient (Wildman–Crippen LogP) is 4.17. The van der Waals surface area contributed by atoms with Gasteiger partial charge < -0.3 is 10.4 Å². The molecule has 1 aromatic carbocycles. The van der Waals surface area contributed by atoms with Crippen LogP contribution in [0.1, 0.15) is 25.0 Å². The van der Waals surface area contributed by atoms with Crippen LogP contribution in [0.2, 0.25) is 0 Å². The number of benzene rings is 1. The van der Waals surface area contributed by atoms with Crippen molar-refractivity contribution in [3.63, 3.8) is 0 Å². The van der Waals surface area contributed by atoms with Crippen molar-refractivity contribution in [3.05, 3.63) is 53.8 Å². The minimum absolute atomic E-state index is 0.0350. The summed E-state index contributed by atoms with van der Waals surface area (Å²) in [4.78, 5) is 0. The molecule has 0 fully saturated rings. The van der Waals surface area contributed by atoms with E-state index in [0.717, 1.165) is 0 Å². The molecule has 0 aromatic heterocycles. The number of rotatable bonds is 3. The summed E-state index contributed by atoms with van der Waals surface area (Å²) in [6.45, 7) is 1.62. The molecule has 1 aliphatic rings. The topological polar surface area (TPSA) is 32.3 Å². The molecule has 1 aliphatic carbocycles. The number of hydrogen-bond donors (Lipinski definition) is 2. The second-order valence-electron chi connectivity index (χ2n) is 4.80. The zero-order valence-corrected chi connectivity index (χ0v) is 11.0. The number of para-hydroxylation sites is 1. The number of nitrogens with one attached hydrogen (secondary N) is 1. The van der Waals surface area contributed by atoms with Crippen molar-refractivity contribution in [2.75, 3.05) is 5.32 Å². The Balaban J connectivity index is 2.22. The quantitative estimate of drug-likeness (QED) is 0.872. The Hall–Kier alpha value is -1.75. The van der Waals surface area contributed by atoms with E-state index in [9.17, 15) is 18.3 Å². The molecule has 0 radical (unpaired) electrons. The van der Waals surface area contributed by atoms with Crippen molar-refractivity contribution in [1.82, 2.24) is 0 Å². The number of hydrogen-bond acceptors (Lipinski definition) is 2. The lowest BCUT2D eigenvalue weighted by atomic mass is 9.98. The largest absolute Gasteiger partial charge is 0.395 e. The molecule has 2 N–H and O–H groups in total. The van der Waals surface area contributed by atoms with Gasteiger partial charge in [-0.1, -0.05) is 24.3 Å². The SMILES string of the molecule is CC(O)c1ccccc1NC1=CC(C(F)(F)F)CC=C1. The average molecular weight is 283 g/mol. The summed E-state index contributed by atoms with van der Waals surface area (Å²) in [7, 11) is 0. The molecule has 2 unspecified atom stereocenters. The van der Waals surface area contributed by atoms with Crippen molar-refractivity contribution in [2.45, 2.75) is 25.6 Å². The highest BCUT2D eigenvalue weighted by molar-refractivity contribution is 5.57. The Labute approximate surface area is 115 Å². The lowest BCUT2D eigenvalue weighted by molar-refractivity contribution is -0.160. The van der Waals surface area contributed by atoms with Crippen molar-refractivity contribution in [3.8, 4) is 0 Å². The Morgan fingerprint density at radius 3 is 2.65 bits per heavy atom. The first kappa shape index (κ1) is 14.7. The number of aliphatic hydroxyl groups is 1. The molecule has 1 aromatic rings. The first-order chi connectivity index (χ1) is 9.38. The number of alkyl halides is 3. The first-order valence-electron chi connectivity index (χ1n) is 6.37. The third kappa shape index (κ3) is 3.42. The summed E-state index contributed by atoms with van der Waals surface area (Å²) in [5.74, 6) is -1.46. The Bertz CT molecular complexity index is 532. The molecule has 0 aliphatic heterocycles. The lowest BCUT2D eigenvalue weighted by Crippen LogP contribution is -2.23. The molecule has 0 heterocycles. The van der Waals surface area contributed by atoms with Crippen molar-refractivity contribution < 1.29 is 18.3 Å². The number of allylic oxidation sites excluding steroid dienone is 3. The van der Waals surface area contributed by atoms with Crippen LogP contribution in [0.5, 0.6) is 0 Å². The Morgan fingerprint density at radius 2 is 2.00 bits per heavy atom. The maximum absolute atomic E-state index is 12.7. The molecule has 5 heteroatoms. The highest BCUT2D eigenvalue weighted by Crippen LogP contribution is 2.34. The minimum atomic E-state index is -4.23. The third-order valence-electron chi connectivity index (χ3n) is 3.18. The van der Waals surface area contributed by atoms with Gasteiger partial charge >= 0.3 is 6.18 Å². The van der Waals surface area contributed by atoms with Gasteiger partial charge in [0.15, 0.2) is 0 Å². The minimum Gasteiger partial charge on any atom is -0.389 e. The van der Waals surface area contributed by atoms with Crippen molar-refractivity contribution in [2.24, 2.45) is 5.92 Å². The van der Waals surface area contributed by atoms with Gasteiger partial charge in [-0.2, -0.15) is 13.2 Å². The molecule has 2 nitrogen and oxygen atoms in total. The molecular formula is C15H16F3NO. The van der Waals surface area contributed by atoms with Gasteiger partial charge in [-0.25, -0.2) is 0 Å². The van der Waals surface area contributed by atoms with Crippen LogP contribution in [0.15, 0.2) is 48.2 Å². The second kappa shape index (κ2) is 5.71. The summed E-state index contributed by atoms with van der Waals surface area (Å²) in [6.07, 6.45) is -0.648. The van der Waals surface area contributed by atoms with Gasteiger partial charge in [-0.3, -0.25) is 0 Å². The van der Waals surface area contributed by atoms with Gasteiger partial charge in [0.1, 0.15) is 0 Å². The molecule has 0 bridgehead atoms. The summed E-state index contributed by atoms with van der Waals surface area (Å²) < 4.78 is 38.1. The van der Waals surface area contributed by atoms with Gasteiger partial charge in [0.05, 0.1) is 12.0 Å². The van der Waals surface area contributed by atoms with Crippen LogP contribution in [0.3, 0.4) is 0 Å². The third-order valence-corrected chi connectivity index (χ3v) is 3.18. The lowest BCUT2D eigenvalue weighted by Gasteiger charge is -2.21. The summed E-state index contributed by atoms with van der Waals surface area (Å²) in [5.41, 5.74) is 1.66. The maximum Gasteiger partial charge on any atom is 0.395 e. The molecule has 0 saturated heterocycles. The number of aliphatic hydroxyl groups excluding tert-OH is 1. The van der Waals surface area contributed by atoms with Crippen LogP contribution in [0, 0.1) is 5.92 Å². The Morgan fingerprint density at radius 1 is 1.30 bits per heavy atom. The van der Waals surface area contributed by atoms with E-state index in [1.165, 1.54) is 12.2 Å². The van der Waals surface area contributed by atoms with E-state index in [1.54, 1.807) is 37.3 Å². The zero-order chi connectivity index (χ0) is 14.8. The van der Waals surface area contributed by atoms with Gasteiger partial charge in [0.2, 0.25) is 0 Å². The van der Waals surface area contributed by atoms with Gasteiger partial charge in [-0.05, 0) is 31.6 Å². The Kier molecular flexibility index (Phi) is 4.18. The smallest absolute Gasteiger partial charge is 0.389 e. The van der Waals surface area contributed by atoms with Crippen molar-refractivity contribution in [1.29, 1.82) is 0 Å². The highest BCUT2D eigenvalue weighted by Gasteiger charge is 2.38. The first-order valence-corrected chi connectivity index (χ1v) is 6.37. The van der Waals surface area contributed by atoms with E-state index in [4.69, 9.17) is 0 Å². The van der Waals surface area contributed by atoms with E-state index < -0.39 is 18.2 Å². The van der Waals surface area contributed by atoms with E-state index in [1.807, 2.05) is 0 Å². The fourth-order valence-corrected chi connectivity index (χ4v) is 2.12. The van der Waals surface area contributed by atoms with E-state index in [0.29, 0.717) is 16.9 Å². The van der Waals surface area contributed by atoms with E-state index in [-0.39, 0.29) is 6.42 Å². The molecule has 20 heavy (non-hydrogen) atoms. The van der Waals surface area contributed by atoms with Crippen LogP contribution in [-0.4, -0.2) is 11.3 Å². The molecule has 108 valence electrons. The van der Waals surface area contributed by atoms with Crippen LogP contribution in [-0.2, 0) is 0 Å². The van der Waals surface area contributed by atoms with Crippen LogP contribution >= 0.6 is 0 Å². The van der Waals surface area contributed by atoms with Crippen LogP contribution < -0.4 is 5.32 Å². The molecule has 0 spiro atoms. The van der Waals surface area contributed by atoms with Gasteiger partial charge in [-0.15, -0.1) is 0 Å². The second-order valence-corrected chi connectivity index (χ2v) is 4.80. The fourth-order valence-electron chi connectivity index (χ4n) is 2.12. The monoisotopic (exact) mass is 283 g/mol. The standard InChI is InChI=1S/C15H16F3NO/c1-10(20)13-7-2-3-8-14(13)19-12-6-4-5-11(9-12)15(16,17)18/h2-4,6-11,19-20H,5H2,1H3. The zero-order valence-electron chi connectivity index (χ0n) is 11.0. The maximum atomic E-state index is 12.7. The summed E-state index contributed by atoms with van der Waals surface area (Å²) in [5, 5.41) is 12.6. The van der Waals surface area contributed by atoms with Gasteiger partial charge in [0.25, 0.3) is 0 Å². The summed E-state index contributed by atoms with van der Waals surface area (Å²) >= 11 is 0. The van der Waals surface area contributed by atoms with Crippen LogP contribution in [0.25, 0.3) is 0 Å². The predicted molar refractivity (Wildman–Crippen MR) is 72.1 cm³/mol. The molecule has 2 atom stereocenters. The van der Waals surface area contributed by atoms with Gasteiger partial charge in [0, 0.05) is 16.9 Å². The van der Waals surface area contributed by atoms with Crippen LogP contribution in [0.4, 0.5) is 18.9 Å². The molecule has 0 saturated carbocycles. The highest BCUT2D eigenvalue weighted by atomic mass is 19.4. The normalized spacial score (nSPS) is 20.4. The molecule has 2 rings (SSSR count). The number of anilines is 1. The van der Waals surface area contributed by atoms with E-state index >= 15 is 0 Å². The van der Waals surface area contributed by atoms with Crippen molar-refractivity contribution >= 4 is 5.69 Å². The molecule has 0 amide bonds. The fraction of sp³-hybridized carbons (Fsp3) is 0.333. The number of halogens is 3. The van der Waals surface area contributed by atoms with E-state index in [2.05, 4.69) is 5.32 Å². The summed E-state index contributed by atoms with van der Waals surface area (Å²) in [6, 6.07) is 7.01.